The van der Waals surface area contributed by atoms with Crippen LogP contribution in [-0.2, 0) is 11.2 Å². The number of aromatic amines is 1. The van der Waals surface area contributed by atoms with Crippen molar-refractivity contribution in [2.24, 2.45) is 0 Å². The lowest BCUT2D eigenvalue weighted by molar-refractivity contribution is -0.120. The van der Waals surface area contributed by atoms with Gasteiger partial charge in [-0.3, -0.25) is 9.89 Å². The Balaban J connectivity index is 1.73. The summed E-state index contributed by atoms with van der Waals surface area (Å²) in [6.45, 7) is 2.50. The van der Waals surface area contributed by atoms with Crippen molar-refractivity contribution < 1.29 is 4.79 Å². The molecule has 0 aromatic carbocycles. The van der Waals surface area contributed by atoms with Crippen LogP contribution >= 0.6 is 11.8 Å². The van der Waals surface area contributed by atoms with Gasteiger partial charge in [0.05, 0.1) is 16.5 Å². The van der Waals surface area contributed by atoms with E-state index in [4.69, 9.17) is 0 Å². The van der Waals surface area contributed by atoms with E-state index >= 15 is 0 Å². The first-order valence-electron chi connectivity index (χ1n) is 6.09. The van der Waals surface area contributed by atoms with E-state index in [1.807, 2.05) is 31.3 Å². The zero-order chi connectivity index (χ0) is 13.5. The molecule has 0 aliphatic carbocycles. The van der Waals surface area contributed by atoms with Crippen LogP contribution in [0.1, 0.15) is 12.5 Å². The second-order valence-corrected chi connectivity index (χ2v) is 5.44. The summed E-state index contributed by atoms with van der Waals surface area (Å²) >= 11 is 1.46. The third kappa shape index (κ3) is 4.40. The van der Waals surface area contributed by atoms with Gasteiger partial charge in [-0.05, 0) is 31.0 Å². The Bertz CT molecular complexity index is 501. The number of carbonyl (C=O) groups is 1. The third-order valence-electron chi connectivity index (χ3n) is 2.57. The third-order valence-corrected chi connectivity index (χ3v) is 3.62. The average molecular weight is 276 g/mol. The van der Waals surface area contributed by atoms with Gasteiger partial charge < -0.3 is 5.32 Å². The SMILES string of the molecule is CC(Sc1ccccn1)C(=O)NCCc1cn[nH]c1. The molecular weight excluding hydrogens is 260 g/mol. The van der Waals surface area contributed by atoms with Crippen molar-refractivity contribution in [3.63, 3.8) is 0 Å². The van der Waals surface area contributed by atoms with Crippen molar-refractivity contribution in [2.75, 3.05) is 6.54 Å². The van der Waals surface area contributed by atoms with Gasteiger partial charge >= 0.3 is 0 Å². The van der Waals surface area contributed by atoms with E-state index in [0.717, 1.165) is 17.0 Å². The van der Waals surface area contributed by atoms with Crippen molar-refractivity contribution in [3.8, 4) is 0 Å². The van der Waals surface area contributed by atoms with Gasteiger partial charge in [0.25, 0.3) is 0 Å². The molecule has 2 aromatic heterocycles. The second kappa shape index (κ2) is 6.94. The van der Waals surface area contributed by atoms with Crippen molar-refractivity contribution in [2.45, 2.75) is 23.6 Å². The second-order valence-electron chi connectivity index (χ2n) is 4.08. The van der Waals surface area contributed by atoms with Crippen LogP contribution in [0.3, 0.4) is 0 Å². The molecule has 1 amide bonds. The lowest BCUT2D eigenvalue weighted by Gasteiger charge is -2.10. The summed E-state index contributed by atoms with van der Waals surface area (Å²) in [5, 5.41) is 10.2. The number of nitrogens with one attached hydrogen (secondary N) is 2. The molecule has 0 aliphatic rings. The molecule has 0 saturated heterocycles. The Kier molecular flexibility index (Phi) is 4.97. The molecule has 0 fully saturated rings. The largest absolute Gasteiger partial charge is 0.355 e. The standard InChI is InChI=1S/C13H16N4OS/c1-10(19-12-4-2-3-6-14-12)13(18)15-7-5-11-8-16-17-9-11/h2-4,6,8-10H,5,7H2,1H3,(H,15,18)(H,16,17). The molecule has 0 spiro atoms. The Labute approximate surface area is 116 Å². The summed E-state index contributed by atoms with van der Waals surface area (Å²) in [5.41, 5.74) is 1.09. The molecule has 100 valence electrons. The number of pyridine rings is 1. The van der Waals surface area contributed by atoms with Crippen LogP contribution in [0.2, 0.25) is 0 Å². The molecule has 2 aromatic rings. The fourth-order valence-corrected chi connectivity index (χ4v) is 2.37. The molecule has 2 N–H and O–H groups in total. The molecule has 0 aliphatic heterocycles. The van der Waals surface area contributed by atoms with Gasteiger partial charge in [-0.25, -0.2) is 4.98 Å². The lowest BCUT2D eigenvalue weighted by Crippen LogP contribution is -2.32. The topological polar surface area (TPSA) is 70.7 Å². The number of H-pyrrole nitrogens is 1. The van der Waals surface area contributed by atoms with Crippen LogP contribution in [0.25, 0.3) is 0 Å². The summed E-state index contributed by atoms with van der Waals surface area (Å²) in [4.78, 5) is 16.1. The van der Waals surface area contributed by atoms with Gasteiger partial charge in [0.1, 0.15) is 0 Å². The quantitative estimate of drug-likeness (QED) is 0.787. The maximum Gasteiger partial charge on any atom is 0.233 e. The van der Waals surface area contributed by atoms with Crippen LogP contribution in [-0.4, -0.2) is 32.9 Å². The summed E-state index contributed by atoms with van der Waals surface area (Å²) in [6.07, 6.45) is 6.10. The number of nitrogens with zero attached hydrogens (tertiary/aromatic N) is 2. The number of thioether (sulfide) groups is 1. The molecule has 1 atom stereocenters. The van der Waals surface area contributed by atoms with Crippen molar-refractivity contribution in [1.29, 1.82) is 0 Å². The van der Waals surface area contributed by atoms with E-state index in [1.165, 1.54) is 11.8 Å². The van der Waals surface area contributed by atoms with Crippen LogP contribution < -0.4 is 5.32 Å². The lowest BCUT2D eigenvalue weighted by atomic mass is 10.2. The maximum absolute atomic E-state index is 11.9. The Morgan fingerprint density at radius 2 is 2.42 bits per heavy atom. The molecule has 0 saturated carbocycles. The minimum atomic E-state index is -0.153. The predicted molar refractivity (Wildman–Crippen MR) is 74.9 cm³/mol. The number of rotatable bonds is 6. The van der Waals surface area contributed by atoms with Gasteiger partial charge in [0.2, 0.25) is 5.91 Å². The smallest absolute Gasteiger partial charge is 0.233 e. The average Bonchev–Trinajstić information content (AvgIpc) is 2.93. The highest BCUT2D eigenvalue weighted by atomic mass is 32.2. The zero-order valence-corrected chi connectivity index (χ0v) is 11.5. The molecule has 2 rings (SSSR count). The number of hydrogen-bond donors (Lipinski definition) is 2. The highest BCUT2D eigenvalue weighted by Gasteiger charge is 2.14. The fraction of sp³-hybridized carbons (Fsp3) is 0.308. The monoisotopic (exact) mass is 276 g/mol. The Hall–Kier alpha value is -1.82. The summed E-state index contributed by atoms with van der Waals surface area (Å²) < 4.78 is 0. The fourth-order valence-electron chi connectivity index (χ4n) is 1.54. The summed E-state index contributed by atoms with van der Waals surface area (Å²) in [6, 6.07) is 5.68. The molecule has 19 heavy (non-hydrogen) atoms. The molecule has 6 heteroatoms. The highest BCUT2D eigenvalue weighted by molar-refractivity contribution is 8.00. The van der Waals surface area contributed by atoms with E-state index in [1.54, 1.807) is 12.4 Å². The van der Waals surface area contributed by atoms with Crippen LogP contribution in [0.5, 0.6) is 0 Å². The molecule has 1 unspecified atom stereocenters. The van der Waals surface area contributed by atoms with Gasteiger partial charge in [-0.2, -0.15) is 5.10 Å². The minimum Gasteiger partial charge on any atom is -0.355 e. The first kappa shape index (κ1) is 13.6. The number of amides is 1. The molecule has 2 heterocycles. The molecular formula is C13H16N4OS. The first-order chi connectivity index (χ1) is 9.25. The van der Waals surface area contributed by atoms with Crippen molar-refractivity contribution in [3.05, 3.63) is 42.4 Å². The zero-order valence-electron chi connectivity index (χ0n) is 10.7. The van der Waals surface area contributed by atoms with Crippen LogP contribution in [0.4, 0.5) is 0 Å². The van der Waals surface area contributed by atoms with E-state index in [0.29, 0.717) is 6.54 Å². The minimum absolute atomic E-state index is 0.0270. The first-order valence-corrected chi connectivity index (χ1v) is 6.97. The number of aromatic nitrogens is 3. The van der Waals surface area contributed by atoms with E-state index in [-0.39, 0.29) is 11.2 Å². The van der Waals surface area contributed by atoms with Gasteiger partial charge in [-0.1, -0.05) is 17.8 Å². The van der Waals surface area contributed by atoms with E-state index in [2.05, 4.69) is 20.5 Å². The number of hydrogen-bond acceptors (Lipinski definition) is 4. The van der Waals surface area contributed by atoms with Gasteiger partial charge in [-0.15, -0.1) is 0 Å². The Morgan fingerprint density at radius 3 is 3.11 bits per heavy atom. The number of carbonyl (C=O) groups excluding carboxylic acids is 1. The Morgan fingerprint density at radius 1 is 1.53 bits per heavy atom. The van der Waals surface area contributed by atoms with Gasteiger partial charge in [0.15, 0.2) is 0 Å². The van der Waals surface area contributed by atoms with Crippen LogP contribution in [0, 0.1) is 0 Å². The van der Waals surface area contributed by atoms with Crippen molar-refractivity contribution >= 4 is 17.7 Å². The normalized spacial score (nSPS) is 12.1. The van der Waals surface area contributed by atoms with Crippen molar-refractivity contribution in [1.82, 2.24) is 20.5 Å². The summed E-state index contributed by atoms with van der Waals surface area (Å²) in [7, 11) is 0. The summed E-state index contributed by atoms with van der Waals surface area (Å²) in [5.74, 6) is 0.0270. The predicted octanol–water partition coefficient (Wildman–Crippen LogP) is 1.64. The molecule has 0 bridgehead atoms. The van der Waals surface area contributed by atoms with Crippen LogP contribution in [0.15, 0.2) is 41.8 Å². The molecule has 5 nitrogen and oxygen atoms in total. The molecule has 0 radical (unpaired) electrons. The van der Waals surface area contributed by atoms with E-state index < -0.39 is 0 Å². The van der Waals surface area contributed by atoms with Gasteiger partial charge in [0, 0.05) is 18.9 Å². The highest BCUT2D eigenvalue weighted by Crippen LogP contribution is 2.20. The maximum atomic E-state index is 11.9. The van der Waals surface area contributed by atoms with E-state index in [9.17, 15) is 4.79 Å².